The van der Waals surface area contributed by atoms with Crippen molar-refractivity contribution in [3.8, 4) is 0 Å². The van der Waals surface area contributed by atoms with Gasteiger partial charge in [0.1, 0.15) is 0 Å². The summed E-state index contributed by atoms with van der Waals surface area (Å²) in [5.41, 5.74) is 1.06. The zero-order valence-corrected chi connectivity index (χ0v) is 14.6. The van der Waals surface area contributed by atoms with E-state index in [1.807, 2.05) is 17.8 Å². The van der Waals surface area contributed by atoms with Gasteiger partial charge >= 0.3 is 0 Å². The van der Waals surface area contributed by atoms with E-state index in [9.17, 15) is 4.79 Å². The van der Waals surface area contributed by atoms with E-state index in [-0.39, 0.29) is 11.8 Å². The summed E-state index contributed by atoms with van der Waals surface area (Å²) in [6.07, 6.45) is 6.17. The standard InChI is InChI=1S/C18H20N2OS2/c21-18(20-9-11-22-12-10-20)14-6-2-1-5-13(14)17-19-15-7-3-4-8-16(15)23-17/h1-4,7-8,13-14H,5-6,9-12H2/t13-,14+/m1/s1. The van der Waals surface area contributed by atoms with Crippen LogP contribution in [0.25, 0.3) is 10.2 Å². The van der Waals surface area contributed by atoms with Crippen molar-refractivity contribution in [2.24, 2.45) is 5.92 Å². The Kier molecular flexibility index (Phi) is 4.40. The van der Waals surface area contributed by atoms with Crippen LogP contribution in [0.15, 0.2) is 36.4 Å². The van der Waals surface area contributed by atoms with Gasteiger partial charge in [-0.15, -0.1) is 11.3 Å². The van der Waals surface area contributed by atoms with Crippen molar-refractivity contribution < 1.29 is 4.79 Å². The molecule has 4 rings (SSSR count). The van der Waals surface area contributed by atoms with E-state index >= 15 is 0 Å². The molecule has 0 saturated carbocycles. The summed E-state index contributed by atoms with van der Waals surface area (Å²) in [5.74, 6) is 2.77. The summed E-state index contributed by atoms with van der Waals surface area (Å²) in [6, 6.07) is 8.26. The molecular weight excluding hydrogens is 324 g/mol. The van der Waals surface area contributed by atoms with Crippen LogP contribution in [0.4, 0.5) is 0 Å². The van der Waals surface area contributed by atoms with Gasteiger partial charge in [0.05, 0.1) is 21.1 Å². The molecule has 0 unspecified atom stereocenters. The third-order valence-corrected chi connectivity index (χ3v) is 6.81. The molecule has 1 aromatic heterocycles. The molecule has 0 bridgehead atoms. The predicted molar refractivity (Wildman–Crippen MR) is 98.1 cm³/mol. The number of hydrogen-bond acceptors (Lipinski definition) is 4. The smallest absolute Gasteiger partial charge is 0.226 e. The number of para-hydroxylation sites is 1. The molecule has 1 saturated heterocycles. The number of aromatic nitrogens is 1. The highest BCUT2D eigenvalue weighted by Crippen LogP contribution is 2.39. The molecule has 23 heavy (non-hydrogen) atoms. The second-order valence-electron chi connectivity index (χ2n) is 6.11. The molecule has 0 N–H and O–H groups in total. The normalized spacial score (nSPS) is 25.0. The molecule has 1 amide bonds. The number of allylic oxidation sites excluding steroid dienone is 2. The summed E-state index contributed by atoms with van der Waals surface area (Å²) in [4.78, 5) is 19.9. The van der Waals surface area contributed by atoms with Crippen LogP contribution in [0.5, 0.6) is 0 Å². The molecule has 2 heterocycles. The number of rotatable bonds is 2. The van der Waals surface area contributed by atoms with Crippen LogP contribution >= 0.6 is 23.1 Å². The fourth-order valence-electron chi connectivity index (χ4n) is 3.43. The highest BCUT2D eigenvalue weighted by Gasteiger charge is 2.35. The van der Waals surface area contributed by atoms with Crippen molar-refractivity contribution in [3.05, 3.63) is 41.4 Å². The topological polar surface area (TPSA) is 33.2 Å². The van der Waals surface area contributed by atoms with Gasteiger partial charge in [-0.3, -0.25) is 4.79 Å². The van der Waals surface area contributed by atoms with Crippen molar-refractivity contribution in [2.45, 2.75) is 18.8 Å². The van der Waals surface area contributed by atoms with E-state index in [4.69, 9.17) is 4.98 Å². The summed E-state index contributed by atoms with van der Waals surface area (Å²) in [5, 5.41) is 1.13. The number of nitrogens with zero attached hydrogens (tertiary/aromatic N) is 2. The fourth-order valence-corrected chi connectivity index (χ4v) is 5.48. The summed E-state index contributed by atoms with van der Waals surface area (Å²) in [6.45, 7) is 1.80. The minimum Gasteiger partial charge on any atom is -0.341 e. The Morgan fingerprint density at radius 1 is 1.13 bits per heavy atom. The third-order valence-electron chi connectivity index (χ3n) is 4.70. The molecular formula is C18H20N2OS2. The zero-order valence-electron chi connectivity index (χ0n) is 13.0. The Bertz CT molecular complexity index is 700. The van der Waals surface area contributed by atoms with Crippen molar-refractivity contribution >= 4 is 39.2 Å². The Morgan fingerprint density at radius 2 is 1.91 bits per heavy atom. The SMILES string of the molecule is O=C([C@H]1CC=CC[C@H]1c1nc2ccccc2s1)N1CCSCC1. The highest BCUT2D eigenvalue weighted by molar-refractivity contribution is 7.99. The molecule has 2 aliphatic rings. The minimum absolute atomic E-state index is 0.0589. The molecule has 1 aliphatic carbocycles. The Labute approximate surface area is 144 Å². The Morgan fingerprint density at radius 3 is 2.74 bits per heavy atom. The summed E-state index contributed by atoms with van der Waals surface area (Å²) >= 11 is 3.70. The van der Waals surface area contributed by atoms with E-state index in [0.29, 0.717) is 5.91 Å². The molecule has 120 valence electrons. The van der Waals surface area contributed by atoms with Gasteiger partial charge in [-0.1, -0.05) is 24.3 Å². The van der Waals surface area contributed by atoms with Crippen LogP contribution in [-0.2, 0) is 4.79 Å². The number of benzene rings is 1. The van der Waals surface area contributed by atoms with E-state index in [1.54, 1.807) is 11.3 Å². The number of thioether (sulfide) groups is 1. The lowest BCUT2D eigenvalue weighted by molar-refractivity contribution is -0.136. The maximum atomic E-state index is 13.0. The van der Waals surface area contributed by atoms with Gasteiger partial charge < -0.3 is 4.90 Å². The highest BCUT2D eigenvalue weighted by atomic mass is 32.2. The van der Waals surface area contributed by atoms with Crippen LogP contribution in [0.2, 0.25) is 0 Å². The lowest BCUT2D eigenvalue weighted by Crippen LogP contribution is -2.43. The molecule has 1 fully saturated rings. The molecule has 2 aromatic rings. The Balaban J connectivity index is 1.62. The van der Waals surface area contributed by atoms with Crippen LogP contribution in [0.3, 0.4) is 0 Å². The van der Waals surface area contributed by atoms with Crippen LogP contribution in [0.1, 0.15) is 23.8 Å². The van der Waals surface area contributed by atoms with E-state index in [1.165, 1.54) is 4.70 Å². The maximum absolute atomic E-state index is 13.0. The monoisotopic (exact) mass is 344 g/mol. The average molecular weight is 345 g/mol. The van der Waals surface area contributed by atoms with Gasteiger partial charge in [-0.05, 0) is 25.0 Å². The van der Waals surface area contributed by atoms with E-state index < -0.39 is 0 Å². The second kappa shape index (κ2) is 6.65. The molecule has 0 spiro atoms. The average Bonchev–Trinajstić information content (AvgIpc) is 3.06. The number of amides is 1. The van der Waals surface area contributed by atoms with Gasteiger partial charge in [0.15, 0.2) is 0 Å². The summed E-state index contributed by atoms with van der Waals surface area (Å²) < 4.78 is 1.22. The molecule has 5 heteroatoms. The number of thiazole rings is 1. The van der Waals surface area contributed by atoms with Crippen LogP contribution in [0, 0.1) is 5.92 Å². The van der Waals surface area contributed by atoms with Crippen molar-refractivity contribution in [3.63, 3.8) is 0 Å². The number of carbonyl (C=O) groups excluding carboxylic acids is 1. The van der Waals surface area contributed by atoms with Crippen LogP contribution < -0.4 is 0 Å². The molecule has 0 radical (unpaired) electrons. The first-order valence-corrected chi connectivity index (χ1v) is 10.2. The quantitative estimate of drug-likeness (QED) is 0.774. The van der Waals surface area contributed by atoms with Crippen molar-refractivity contribution in [1.29, 1.82) is 0 Å². The number of hydrogen-bond donors (Lipinski definition) is 0. The van der Waals surface area contributed by atoms with E-state index in [2.05, 4.69) is 35.3 Å². The molecule has 3 nitrogen and oxygen atoms in total. The van der Waals surface area contributed by atoms with Gasteiger partial charge in [0.25, 0.3) is 0 Å². The van der Waals surface area contributed by atoms with Crippen molar-refractivity contribution in [1.82, 2.24) is 9.88 Å². The van der Waals surface area contributed by atoms with E-state index in [0.717, 1.165) is 48.0 Å². The zero-order chi connectivity index (χ0) is 15.6. The molecule has 2 atom stereocenters. The largest absolute Gasteiger partial charge is 0.341 e. The minimum atomic E-state index is 0.0589. The summed E-state index contributed by atoms with van der Waals surface area (Å²) in [7, 11) is 0. The van der Waals surface area contributed by atoms with Gasteiger partial charge in [-0.25, -0.2) is 4.98 Å². The number of fused-ring (bicyclic) bond motifs is 1. The van der Waals surface area contributed by atoms with Gasteiger partial charge in [0.2, 0.25) is 5.91 Å². The van der Waals surface area contributed by atoms with Gasteiger partial charge in [-0.2, -0.15) is 11.8 Å². The third kappa shape index (κ3) is 3.04. The fraction of sp³-hybridized carbons (Fsp3) is 0.444. The first-order chi connectivity index (χ1) is 11.3. The second-order valence-corrected chi connectivity index (χ2v) is 8.40. The Hall–Kier alpha value is -1.33. The predicted octanol–water partition coefficient (Wildman–Crippen LogP) is 3.92. The first kappa shape index (κ1) is 15.2. The van der Waals surface area contributed by atoms with Crippen molar-refractivity contribution in [2.75, 3.05) is 24.6 Å². The first-order valence-electron chi connectivity index (χ1n) is 8.20. The lowest BCUT2D eigenvalue weighted by Gasteiger charge is -2.33. The molecule has 1 aliphatic heterocycles. The molecule has 1 aromatic carbocycles. The maximum Gasteiger partial charge on any atom is 0.226 e. The van der Waals surface area contributed by atoms with Crippen LogP contribution in [-0.4, -0.2) is 40.4 Å². The number of carbonyl (C=O) groups is 1. The lowest BCUT2D eigenvalue weighted by atomic mass is 9.82. The van der Waals surface area contributed by atoms with Gasteiger partial charge in [0, 0.05) is 30.5 Å².